The van der Waals surface area contributed by atoms with Gasteiger partial charge in [-0.25, -0.2) is 0 Å². The lowest BCUT2D eigenvalue weighted by molar-refractivity contribution is 0.860. The van der Waals surface area contributed by atoms with Crippen molar-refractivity contribution < 1.29 is 0 Å². The fraction of sp³-hybridized carbons (Fsp3) is 0.0769. The number of fused-ring (bicyclic) bond motifs is 7. The maximum atomic E-state index is 2.61. The predicted molar refractivity (Wildman–Crippen MR) is 181 cm³/mol. The summed E-state index contributed by atoms with van der Waals surface area (Å²) in [5, 5.41) is 2.67. The summed E-state index contributed by atoms with van der Waals surface area (Å²) < 4.78 is 2.61. The first-order valence-electron chi connectivity index (χ1n) is 14.8. The molecule has 2 aliphatic rings. The molecule has 3 heteroatoms. The topological polar surface area (TPSA) is 4.93 Å². The summed E-state index contributed by atoms with van der Waals surface area (Å²) in [6, 6.07) is 47.6. The molecule has 0 spiro atoms. The second-order valence-corrected chi connectivity index (χ2v) is 13.0. The highest BCUT2D eigenvalue weighted by Gasteiger charge is 2.39. The molecule has 0 fully saturated rings. The molecule has 0 saturated heterocycles. The summed E-state index contributed by atoms with van der Waals surface area (Å²) in [6.45, 7) is 4.85. The number of aromatic nitrogens is 1. The molecule has 42 heavy (non-hydrogen) atoms. The third kappa shape index (κ3) is 3.35. The molecule has 1 aromatic heterocycles. The monoisotopic (exact) mass is 553 g/mol. The molecular formula is C39H28BNS. The van der Waals surface area contributed by atoms with E-state index >= 15 is 0 Å². The summed E-state index contributed by atoms with van der Waals surface area (Å²) in [6.07, 6.45) is 0. The van der Waals surface area contributed by atoms with Crippen LogP contribution in [0.2, 0.25) is 0 Å². The molecular weight excluding hydrogens is 525 g/mol. The first-order chi connectivity index (χ1) is 20.7. The van der Waals surface area contributed by atoms with E-state index in [1.165, 1.54) is 81.5 Å². The maximum absolute atomic E-state index is 2.61. The van der Waals surface area contributed by atoms with Gasteiger partial charge < -0.3 is 4.57 Å². The van der Waals surface area contributed by atoms with Crippen molar-refractivity contribution in [3.63, 3.8) is 0 Å². The third-order valence-electron chi connectivity index (χ3n) is 9.21. The van der Waals surface area contributed by atoms with Crippen LogP contribution in [0.3, 0.4) is 0 Å². The lowest BCUT2D eigenvalue weighted by atomic mass is 9.35. The molecule has 0 radical (unpaired) electrons. The van der Waals surface area contributed by atoms with Gasteiger partial charge in [0.25, 0.3) is 0 Å². The molecule has 0 unspecified atom stereocenters. The number of para-hydroxylation sites is 1. The van der Waals surface area contributed by atoms with Crippen LogP contribution in [-0.4, -0.2) is 11.3 Å². The van der Waals surface area contributed by atoms with Crippen molar-refractivity contribution in [3.05, 3.63) is 133 Å². The molecule has 0 bridgehead atoms. The Kier molecular flexibility index (Phi) is 5.19. The van der Waals surface area contributed by atoms with Crippen molar-refractivity contribution in [3.8, 4) is 27.9 Å². The van der Waals surface area contributed by atoms with Gasteiger partial charge in [0.2, 0.25) is 6.71 Å². The molecule has 3 heterocycles. The van der Waals surface area contributed by atoms with Gasteiger partial charge in [-0.2, -0.15) is 0 Å². The van der Waals surface area contributed by atoms with Gasteiger partial charge in [-0.3, -0.25) is 0 Å². The molecule has 7 aromatic rings. The highest BCUT2D eigenvalue weighted by molar-refractivity contribution is 8.00. The summed E-state index contributed by atoms with van der Waals surface area (Å²) in [7, 11) is 0. The molecule has 198 valence electrons. The number of nitrogens with zero attached hydrogens (tertiary/aromatic N) is 1. The van der Waals surface area contributed by atoms with E-state index in [0.717, 1.165) is 0 Å². The summed E-state index contributed by atoms with van der Waals surface area (Å²) in [5.74, 6) is 0.442. The van der Waals surface area contributed by atoms with E-state index in [1.54, 1.807) is 0 Å². The van der Waals surface area contributed by atoms with Gasteiger partial charge in [0.15, 0.2) is 0 Å². The van der Waals surface area contributed by atoms with E-state index in [0.29, 0.717) is 5.92 Å². The first-order valence-corrected chi connectivity index (χ1v) is 15.7. The summed E-state index contributed by atoms with van der Waals surface area (Å²) in [4.78, 5) is 2.77. The molecule has 2 aliphatic heterocycles. The van der Waals surface area contributed by atoms with Crippen molar-refractivity contribution in [1.29, 1.82) is 0 Å². The van der Waals surface area contributed by atoms with E-state index in [-0.39, 0.29) is 6.71 Å². The average Bonchev–Trinajstić information content (AvgIpc) is 3.38. The smallest absolute Gasteiger partial charge is 0.249 e. The summed E-state index contributed by atoms with van der Waals surface area (Å²) >= 11 is 1.94. The molecule has 9 rings (SSSR count). The standard InChI is InChI=1S/C39H28BNS/c1-24(2)27-21-34-38-36(23-27)42-35-19-10-9-17-31(35)40(38)32-18-11-16-29-37-30(26-14-7-4-8-15-26)20-28(25-12-5-3-6-13-25)22-33(37)41(34)39(29)32/h3-24H,1-2H3. The van der Waals surface area contributed by atoms with E-state index < -0.39 is 0 Å². The Morgan fingerprint density at radius 2 is 1.33 bits per heavy atom. The largest absolute Gasteiger partial charge is 0.310 e. The van der Waals surface area contributed by atoms with Crippen LogP contribution >= 0.6 is 11.8 Å². The second-order valence-electron chi connectivity index (χ2n) is 11.9. The minimum absolute atomic E-state index is 0.225. The van der Waals surface area contributed by atoms with Crippen molar-refractivity contribution in [2.24, 2.45) is 0 Å². The molecule has 0 aliphatic carbocycles. The van der Waals surface area contributed by atoms with E-state index in [1.807, 2.05) is 11.8 Å². The van der Waals surface area contributed by atoms with E-state index in [9.17, 15) is 0 Å². The van der Waals surface area contributed by atoms with Crippen LogP contribution in [0.1, 0.15) is 25.3 Å². The molecule has 0 saturated carbocycles. The second kappa shape index (κ2) is 9.02. The molecule has 0 amide bonds. The first kappa shape index (κ1) is 24.2. The third-order valence-corrected chi connectivity index (χ3v) is 10.4. The van der Waals surface area contributed by atoms with E-state index in [2.05, 4.69) is 146 Å². The number of hydrogen-bond donors (Lipinski definition) is 0. The van der Waals surface area contributed by atoms with Gasteiger partial charge in [-0.05, 0) is 75.0 Å². The lowest BCUT2D eigenvalue weighted by Gasteiger charge is -2.34. The zero-order valence-electron chi connectivity index (χ0n) is 23.6. The van der Waals surface area contributed by atoms with Crippen LogP contribution < -0.4 is 16.4 Å². The van der Waals surface area contributed by atoms with Gasteiger partial charge >= 0.3 is 0 Å². The minimum Gasteiger partial charge on any atom is -0.310 e. The quantitative estimate of drug-likeness (QED) is 0.199. The number of hydrogen-bond acceptors (Lipinski definition) is 1. The lowest BCUT2D eigenvalue weighted by Crippen LogP contribution is -2.58. The van der Waals surface area contributed by atoms with Crippen molar-refractivity contribution in [2.45, 2.75) is 29.6 Å². The zero-order valence-corrected chi connectivity index (χ0v) is 24.5. The van der Waals surface area contributed by atoms with Crippen LogP contribution in [0.4, 0.5) is 0 Å². The number of rotatable bonds is 3. The van der Waals surface area contributed by atoms with Crippen LogP contribution in [0.25, 0.3) is 49.7 Å². The molecule has 6 aromatic carbocycles. The Hall–Kier alpha value is -4.47. The highest BCUT2D eigenvalue weighted by Crippen LogP contribution is 2.44. The SMILES string of the molecule is CC(C)c1cc2c3c(c1)-n1c4cc(-c5ccccc5)cc(-c5ccccc5)c4c4cccc(c41)B3c1ccccc1S2. The predicted octanol–water partition coefficient (Wildman–Crippen LogP) is 8.54. The normalized spacial score (nSPS) is 13.1. The molecule has 0 atom stereocenters. The fourth-order valence-corrected chi connectivity index (χ4v) is 8.49. The van der Waals surface area contributed by atoms with E-state index in [4.69, 9.17) is 0 Å². The Balaban J connectivity index is 1.49. The van der Waals surface area contributed by atoms with Crippen molar-refractivity contribution in [2.75, 3.05) is 0 Å². The van der Waals surface area contributed by atoms with Crippen molar-refractivity contribution >= 4 is 56.7 Å². The number of benzene rings is 6. The average molecular weight is 554 g/mol. The van der Waals surface area contributed by atoms with Crippen LogP contribution in [0.15, 0.2) is 137 Å². The van der Waals surface area contributed by atoms with Gasteiger partial charge in [0.1, 0.15) is 0 Å². The molecule has 0 N–H and O–H groups in total. The molecule has 1 nitrogen and oxygen atoms in total. The van der Waals surface area contributed by atoms with Crippen molar-refractivity contribution in [1.82, 2.24) is 4.57 Å². The fourth-order valence-electron chi connectivity index (χ4n) is 7.28. The van der Waals surface area contributed by atoms with Gasteiger partial charge in [-0.1, -0.05) is 128 Å². The Labute approximate surface area is 250 Å². The van der Waals surface area contributed by atoms with Crippen LogP contribution in [0, 0.1) is 0 Å². The van der Waals surface area contributed by atoms with Crippen LogP contribution in [-0.2, 0) is 0 Å². The Morgan fingerprint density at radius 1 is 0.619 bits per heavy atom. The van der Waals surface area contributed by atoms with Gasteiger partial charge in [0, 0.05) is 31.8 Å². The Morgan fingerprint density at radius 3 is 2.12 bits per heavy atom. The van der Waals surface area contributed by atoms with Crippen LogP contribution in [0.5, 0.6) is 0 Å². The zero-order chi connectivity index (χ0) is 27.9. The highest BCUT2D eigenvalue weighted by atomic mass is 32.2. The summed E-state index contributed by atoms with van der Waals surface area (Å²) in [5.41, 5.74) is 14.7. The maximum Gasteiger partial charge on any atom is 0.249 e. The Bertz CT molecular complexity index is 2190. The van der Waals surface area contributed by atoms with Gasteiger partial charge in [-0.15, -0.1) is 0 Å². The minimum atomic E-state index is 0.225. The van der Waals surface area contributed by atoms with Gasteiger partial charge in [0.05, 0.1) is 5.52 Å².